The number of carbonyl (C=O) groups excluding carboxylic acids is 2. The molecule has 1 aromatic rings. The largest absolute Gasteiger partial charge is 0.459 e. The first kappa shape index (κ1) is 13.2. The van der Waals surface area contributed by atoms with E-state index in [2.05, 4.69) is 5.32 Å². The van der Waals surface area contributed by atoms with Crippen LogP contribution in [-0.2, 0) is 4.79 Å². The summed E-state index contributed by atoms with van der Waals surface area (Å²) >= 11 is 0. The maximum absolute atomic E-state index is 12.1. The van der Waals surface area contributed by atoms with Crippen molar-refractivity contribution < 1.29 is 14.0 Å². The van der Waals surface area contributed by atoms with Gasteiger partial charge in [-0.3, -0.25) is 9.59 Å². The van der Waals surface area contributed by atoms with Crippen LogP contribution in [0.5, 0.6) is 0 Å². The maximum atomic E-state index is 12.1. The van der Waals surface area contributed by atoms with E-state index in [1.165, 1.54) is 36.8 Å². The van der Waals surface area contributed by atoms with Gasteiger partial charge in [0.05, 0.1) is 12.8 Å². The Morgan fingerprint density at radius 2 is 2.00 bits per heavy atom. The number of rotatable bonds is 6. The zero-order valence-corrected chi connectivity index (χ0v) is 11.7. The van der Waals surface area contributed by atoms with Gasteiger partial charge >= 0.3 is 0 Å². The van der Waals surface area contributed by atoms with E-state index in [1.807, 2.05) is 0 Å². The monoisotopic (exact) mass is 276 g/mol. The average Bonchev–Trinajstić information content (AvgIpc) is 3.35. The van der Waals surface area contributed by atoms with Crippen LogP contribution in [0.15, 0.2) is 22.8 Å². The van der Waals surface area contributed by atoms with Crippen LogP contribution >= 0.6 is 0 Å². The maximum Gasteiger partial charge on any atom is 0.289 e. The summed E-state index contributed by atoms with van der Waals surface area (Å²) in [5.41, 5.74) is 0. The van der Waals surface area contributed by atoms with E-state index >= 15 is 0 Å². The highest BCUT2D eigenvalue weighted by Crippen LogP contribution is 2.44. The fraction of sp³-hybridized carbons (Fsp3) is 0.600. The van der Waals surface area contributed by atoms with Gasteiger partial charge in [-0.15, -0.1) is 0 Å². The molecule has 2 saturated carbocycles. The molecular formula is C15H20N2O3. The lowest BCUT2D eigenvalue weighted by Crippen LogP contribution is -2.44. The third-order valence-corrected chi connectivity index (χ3v) is 4.05. The van der Waals surface area contributed by atoms with Gasteiger partial charge in [0.25, 0.3) is 5.91 Å². The molecule has 0 atom stereocenters. The molecule has 0 bridgehead atoms. The van der Waals surface area contributed by atoms with Crippen molar-refractivity contribution in [1.82, 2.24) is 10.2 Å². The van der Waals surface area contributed by atoms with Gasteiger partial charge in [0.1, 0.15) is 0 Å². The van der Waals surface area contributed by atoms with Crippen LogP contribution < -0.4 is 5.32 Å². The third kappa shape index (κ3) is 3.03. The van der Waals surface area contributed by atoms with Gasteiger partial charge < -0.3 is 14.6 Å². The molecule has 5 heteroatoms. The minimum atomic E-state index is -0.264. The Hall–Kier alpha value is -1.78. The molecule has 1 N–H and O–H groups in total. The third-order valence-electron chi connectivity index (χ3n) is 4.05. The molecule has 2 aliphatic carbocycles. The van der Waals surface area contributed by atoms with Crippen molar-refractivity contribution in [1.29, 1.82) is 0 Å². The molecule has 0 radical (unpaired) electrons. The first-order chi connectivity index (χ1) is 9.65. The van der Waals surface area contributed by atoms with Gasteiger partial charge in [-0.25, -0.2) is 0 Å². The molecule has 1 heterocycles. The highest BCUT2D eigenvalue weighted by atomic mass is 16.3. The van der Waals surface area contributed by atoms with Crippen molar-refractivity contribution in [3.05, 3.63) is 24.2 Å². The Labute approximate surface area is 118 Å². The summed E-state index contributed by atoms with van der Waals surface area (Å²) in [6.07, 6.45) is 6.35. The second-order valence-corrected chi connectivity index (χ2v) is 5.91. The Morgan fingerprint density at radius 3 is 2.50 bits per heavy atom. The lowest BCUT2D eigenvalue weighted by atomic mass is 10.1. The van der Waals surface area contributed by atoms with E-state index in [4.69, 9.17) is 4.42 Å². The van der Waals surface area contributed by atoms with Crippen molar-refractivity contribution in [2.45, 2.75) is 31.7 Å². The molecule has 1 aromatic heterocycles. The van der Waals surface area contributed by atoms with Crippen LogP contribution in [0.3, 0.4) is 0 Å². The van der Waals surface area contributed by atoms with Crippen molar-refractivity contribution >= 4 is 11.8 Å². The summed E-state index contributed by atoms with van der Waals surface area (Å²) in [6, 6.07) is 3.60. The normalized spacial score (nSPS) is 18.1. The van der Waals surface area contributed by atoms with Crippen LogP contribution in [0.2, 0.25) is 0 Å². The summed E-state index contributed by atoms with van der Waals surface area (Å²) in [5.74, 6) is 1.26. The van der Waals surface area contributed by atoms with Crippen LogP contribution in [-0.4, -0.2) is 36.3 Å². The molecule has 2 fully saturated rings. The molecule has 0 saturated heterocycles. The molecule has 2 amide bonds. The van der Waals surface area contributed by atoms with Crippen molar-refractivity contribution in [3.63, 3.8) is 0 Å². The average molecular weight is 276 g/mol. The van der Waals surface area contributed by atoms with Gasteiger partial charge in [0.15, 0.2) is 5.76 Å². The minimum absolute atomic E-state index is 0.0730. The first-order valence-corrected chi connectivity index (χ1v) is 7.23. The molecular weight excluding hydrogens is 256 g/mol. The molecule has 20 heavy (non-hydrogen) atoms. The summed E-state index contributed by atoms with van der Waals surface area (Å²) in [5, 5.41) is 3.11. The van der Waals surface area contributed by atoms with E-state index in [0.717, 1.165) is 0 Å². The molecule has 0 aliphatic heterocycles. The Bertz CT molecular complexity index is 477. The molecule has 3 rings (SSSR count). The predicted molar refractivity (Wildman–Crippen MR) is 73.0 cm³/mol. The first-order valence-electron chi connectivity index (χ1n) is 7.23. The van der Waals surface area contributed by atoms with Crippen LogP contribution in [0.25, 0.3) is 0 Å². The number of furan rings is 1. The van der Waals surface area contributed by atoms with Gasteiger partial charge in [0, 0.05) is 13.1 Å². The Kier molecular flexibility index (Phi) is 3.51. The quantitative estimate of drug-likeness (QED) is 0.859. The fourth-order valence-electron chi connectivity index (χ4n) is 2.64. The molecule has 0 spiro atoms. The molecule has 0 aromatic carbocycles. The Balaban J connectivity index is 1.51. The second kappa shape index (κ2) is 5.31. The highest BCUT2D eigenvalue weighted by molar-refractivity contribution is 5.94. The lowest BCUT2D eigenvalue weighted by Gasteiger charge is -2.20. The van der Waals surface area contributed by atoms with Crippen LogP contribution in [0.4, 0.5) is 0 Å². The number of hydrogen-bond donors (Lipinski definition) is 1. The van der Waals surface area contributed by atoms with Crippen molar-refractivity contribution in [2.24, 2.45) is 11.8 Å². The second-order valence-electron chi connectivity index (χ2n) is 5.91. The topological polar surface area (TPSA) is 62.6 Å². The zero-order valence-electron chi connectivity index (χ0n) is 11.7. The number of carbonyl (C=O) groups is 2. The SMILES string of the molecule is CN(CC(=O)NC(C1CC1)C1CC1)C(=O)c1ccco1. The summed E-state index contributed by atoms with van der Waals surface area (Å²) < 4.78 is 5.05. The van der Waals surface area contributed by atoms with Gasteiger partial charge in [-0.05, 0) is 49.7 Å². The zero-order chi connectivity index (χ0) is 14.1. The number of likely N-dealkylation sites (N-methyl/N-ethyl adjacent to an activating group) is 1. The molecule has 5 nitrogen and oxygen atoms in total. The highest BCUT2D eigenvalue weighted by Gasteiger charge is 2.42. The summed E-state index contributed by atoms with van der Waals surface area (Å²) in [4.78, 5) is 25.4. The smallest absolute Gasteiger partial charge is 0.289 e. The van der Waals surface area contributed by atoms with E-state index in [1.54, 1.807) is 19.2 Å². The number of nitrogens with one attached hydrogen (secondary N) is 1. The van der Waals surface area contributed by atoms with Crippen molar-refractivity contribution in [2.75, 3.05) is 13.6 Å². The number of nitrogens with zero attached hydrogens (tertiary/aromatic N) is 1. The number of hydrogen-bond acceptors (Lipinski definition) is 3. The molecule has 0 unspecified atom stereocenters. The lowest BCUT2D eigenvalue weighted by molar-refractivity contribution is -0.122. The minimum Gasteiger partial charge on any atom is -0.459 e. The fourth-order valence-corrected chi connectivity index (χ4v) is 2.64. The van der Waals surface area contributed by atoms with E-state index in [9.17, 15) is 9.59 Å². The van der Waals surface area contributed by atoms with E-state index in [-0.39, 0.29) is 24.1 Å². The number of amides is 2. The van der Waals surface area contributed by atoms with Gasteiger partial charge in [0.2, 0.25) is 5.91 Å². The van der Waals surface area contributed by atoms with E-state index < -0.39 is 0 Å². The van der Waals surface area contributed by atoms with Gasteiger partial charge in [-0.1, -0.05) is 0 Å². The van der Waals surface area contributed by atoms with Gasteiger partial charge in [-0.2, -0.15) is 0 Å². The molecule has 2 aliphatic rings. The summed E-state index contributed by atoms with van der Waals surface area (Å²) in [6.45, 7) is 0.0788. The van der Waals surface area contributed by atoms with Crippen LogP contribution in [0, 0.1) is 11.8 Å². The van der Waals surface area contributed by atoms with Crippen molar-refractivity contribution in [3.8, 4) is 0 Å². The summed E-state index contributed by atoms with van der Waals surface area (Å²) in [7, 11) is 1.62. The predicted octanol–water partition coefficient (Wildman–Crippen LogP) is 1.66. The standard InChI is InChI=1S/C15H20N2O3/c1-17(15(19)12-3-2-8-20-12)9-13(18)16-14(10-4-5-10)11-6-7-11/h2-3,8,10-11,14H,4-7,9H2,1H3,(H,16,18). The van der Waals surface area contributed by atoms with E-state index in [0.29, 0.717) is 17.9 Å². The van der Waals surface area contributed by atoms with Crippen LogP contribution in [0.1, 0.15) is 36.2 Å². The Morgan fingerprint density at radius 1 is 1.35 bits per heavy atom. The molecule has 108 valence electrons.